The third-order valence-corrected chi connectivity index (χ3v) is 4.85. The molecule has 2 aliphatic rings. The molecule has 114 valence electrons. The predicted molar refractivity (Wildman–Crippen MR) is 83.2 cm³/mol. The summed E-state index contributed by atoms with van der Waals surface area (Å²) >= 11 is 0. The minimum Gasteiger partial charge on any atom is -0.312 e. The molecule has 0 N–H and O–H groups in total. The number of benzene rings is 1. The normalized spacial score (nSPS) is 24.0. The summed E-state index contributed by atoms with van der Waals surface area (Å²) in [4.78, 5) is 14.4. The summed E-state index contributed by atoms with van der Waals surface area (Å²) in [6, 6.07) is 12.4. The van der Waals surface area contributed by atoms with Crippen LogP contribution in [0.25, 0.3) is 0 Å². The van der Waals surface area contributed by atoms with E-state index < -0.39 is 0 Å². The van der Waals surface area contributed by atoms with Gasteiger partial charge in [-0.15, -0.1) is 0 Å². The highest BCUT2D eigenvalue weighted by Gasteiger charge is 2.34. The summed E-state index contributed by atoms with van der Waals surface area (Å²) in [6.07, 6.45) is 1.16. The van der Waals surface area contributed by atoms with Crippen LogP contribution in [0.4, 0.5) is 4.39 Å². The van der Waals surface area contributed by atoms with Gasteiger partial charge in [-0.1, -0.05) is 18.2 Å². The van der Waals surface area contributed by atoms with Crippen molar-refractivity contribution < 1.29 is 4.39 Å². The van der Waals surface area contributed by atoms with E-state index in [1.807, 2.05) is 16.7 Å². The van der Waals surface area contributed by atoms with Crippen LogP contribution in [-0.2, 0) is 13.1 Å². The van der Waals surface area contributed by atoms with Gasteiger partial charge in [-0.2, -0.15) is 0 Å². The highest BCUT2D eigenvalue weighted by Crippen LogP contribution is 2.35. The average Bonchev–Trinajstić information content (AvgIpc) is 2.48. The summed E-state index contributed by atoms with van der Waals surface area (Å²) in [5.74, 6) is 0.751. The fourth-order valence-corrected chi connectivity index (χ4v) is 4.02. The largest absolute Gasteiger partial charge is 0.312 e. The van der Waals surface area contributed by atoms with Gasteiger partial charge in [-0.05, 0) is 36.1 Å². The zero-order chi connectivity index (χ0) is 15.1. The number of halogens is 1. The zero-order valence-electron chi connectivity index (χ0n) is 12.4. The Bertz CT molecular complexity index is 755. The van der Waals surface area contributed by atoms with E-state index in [9.17, 15) is 9.18 Å². The van der Waals surface area contributed by atoms with Crippen molar-refractivity contribution >= 4 is 0 Å². The summed E-state index contributed by atoms with van der Waals surface area (Å²) < 4.78 is 15.3. The van der Waals surface area contributed by atoms with E-state index in [4.69, 9.17) is 0 Å². The quantitative estimate of drug-likeness (QED) is 0.851. The van der Waals surface area contributed by atoms with Gasteiger partial charge in [0.1, 0.15) is 5.82 Å². The van der Waals surface area contributed by atoms with Crippen molar-refractivity contribution in [3.8, 4) is 0 Å². The predicted octanol–water partition coefficient (Wildman–Crippen LogP) is 2.61. The van der Waals surface area contributed by atoms with Gasteiger partial charge in [0.25, 0.3) is 5.56 Å². The number of likely N-dealkylation sites (tertiary alicyclic amines) is 1. The van der Waals surface area contributed by atoms with E-state index in [0.717, 1.165) is 43.9 Å². The molecule has 2 aliphatic heterocycles. The summed E-state index contributed by atoms with van der Waals surface area (Å²) in [6.45, 7) is 3.51. The lowest BCUT2D eigenvalue weighted by Gasteiger charge is -2.42. The summed E-state index contributed by atoms with van der Waals surface area (Å²) in [5, 5.41) is 0. The first-order valence-corrected chi connectivity index (χ1v) is 7.85. The molecule has 4 rings (SSSR count). The van der Waals surface area contributed by atoms with Gasteiger partial charge in [-0.3, -0.25) is 9.69 Å². The number of pyridine rings is 1. The third-order valence-electron chi connectivity index (χ3n) is 4.85. The van der Waals surface area contributed by atoms with E-state index in [2.05, 4.69) is 11.0 Å². The van der Waals surface area contributed by atoms with Gasteiger partial charge < -0.3 is 4.57 Å². The molecule has 1 fully saturated rings. The summed E-state index contributed by atoms with van der Waals surface area (Å²) in [5.41, 5.74) is 2.30. The maximum Gasteiger partial charge on any atom is 0.250 e. The van der Waals surface area contributed by atoms with Crippen LogP contribution in [0.1, 0.15) is 23.6 Å². The topological polar surface area (TPSA) is 25.2 Å². The molecule has 0 radical (unpaired) electrons. The van der Waals surface area contributed by atoms with Crippen molar-refractivity contribution in [3.63, 3.8) is 0 Å². The van der Waals surface area contributed by atoms with Crippen LogP contribution in [0.2, 0.25) is 0 Å². The van der Waals surface area contributed by atoms with Gasteiger partial charge in [0.2, 0.25) is 0 Å². The van der Waals surface area contributed by atoms with E-state index in [1.165, 1.54) is 6.07 Å². The van der Waals surface area contributed by atoms with Crippen molar-refractivity contribution in [1.82, 2.24) is 9.47 Å². The summed E-state index contributed by atoms with van der Waals surface area (Å²) in [7, 11) is 0. The Balaban J connectivity index is 1.57. The van der Waals surface area contributed by atoms with Crippen LogP contribution in [0, 0.1) is 11.7 Å². The molecule has 4 heteroatoms. The van der Waals surface area contributed by atoms with Crippen molar-refractivity contribution in [2.45, 2.75) is 25.4 Å². The second-order valence-corrected chi connectivity index (χ2v) is 6.52. The van der Waals surface area contributed by atoms with E-state index >= 15 is 0 Å². The van der Waals surface area contributed by atoms with Gasteiger partial charge in [0, 0.05) is 43.9 Å². The Labute approximate surface area is 129 Å². The van der Waals surface area contributed by atoms with Crippen LogP contribution in [0.5, 0.6) is 0 Å². The van der Waals surface area contributed by atoms with Crippen LogP contribution >= 0.6 is 0 Å². The maximum absolute atomic E-state index is 13.3. The Hall–Kier alpha value is -1.94. The molecular formula is C18H19FN2O. The molecule has 1 aromatic heterocycles. The van der Waals surface area contributed by atoms with Crippen LogP contribution in [0.3, 0.4) is 0 Å². The highest BCUT2D eigenvalue weighted by atomic mass is 19.1. The number of rotatable bonds is 2. The molecule has 22 heavy (non-hydrogen) atoms. The molecule has 2 bridgehead atoms. The van der Waals surface area contributed by atoms with Gasteiger partial charge >= 0.3 is 0 Å². The monoisotopic (exact) mass is 298 g/mol. The van der Waals surface area contributed by atoms with Crippen molar-refractivity contribution in [3.05, 3.63) is 69.9 Å². The second kappa shape index (κ2) is 5.36. The number of piperidine rings is 1. The number of fused-ring (bicyclic) bond motifs is 4. The lowest BCUT2D eigenvalue weighted by atomic mass is 9.83. The Morgan fingerprint density at radius 2 is 1.95 bits per heavy atom. The molecule has 0 spiro atoms. The van der Waals surface area contributed by atoms with Crippen molar-refractivity contribution in [1.29, 1.82) is 0 Å². The van der Waals surface area contributed by atoms with Crippen LogP contribution in [0.15, 0.2) is 47.3 Å². The lowest BCUT2D eigenvalue weighted by Crippen LogP contribution is -2.46. The molecule has 3 heterocycles. The minimum absolute atomic E-state index is 0.116. The van der Waals surface area contributed by atoms with Gasteiger partial charge in [-0.25, -0.2) is 4.39 Å². The van der Waals surface area contributed by atoms with E-state index in [0.29, 0.717) is 11.8 Å². The Morgan fingerprint density at radius 1 is 1.09 bits per heavy atom. The molecule has 3 nitrogen and oxygen atoms in total. The average molecular weight is 298 g/mol. The number of aromatic nitrogens is 1. The Morgan fingerprint density at radius 3 is 2.82 bits per heavy atom. The first-order chi connectivity index (χ1) is 10.7. The number of hydrogen-bond acceptors (Lipinski definition) is 2. The molecule has 0 amide bonds. The van der Waals surface area contributed by atoms with Crippen molar-refractivity contribution in [2.75, 3.05) is 13.1 Å². The fourth-order valence-electron chi connectivity index (χ4n) is 4.02. The van der Waals surface area contributed by atoms with E-state index in [1.54, 1.807) is 18.2 Å². The SMILES string of the molecule is O=c1cccc2n1C[C@@H]1C[C@@H]2CN(Cc2cccc(F)c2)C1. The van der Waals surface area contributed by atoms with Crippen LogP contribution in [-0.4, -0.2) is 22.6 Å². The minimum atomic E-state index is -0.174. The lowest BCUT2D eigenvalue weighted by molar-refractivity contribution is 0.114. The molecule has 1 saturated heterocycles. The maximum atomic E-state index is 13.3. The van der Waals surface area contributed by atoms with Crippen LogP contribution < -0.4 is 5.56 Å². The smallest absolute Gasteiger partial charge is 0.250 e. The zero-order valence-corrected chi connectivity index (χ0v) is 12.4. The molecule has 2 aromatic rings. The first-order valence-electron chi connectivity index (χ1n) is 7.85. The molecule has 0 unspecified atom stereocenters. The highest BCUT2D eigenvalue weighted by molar-refractivity contribution is 5.19. The van der Waals surface area contributed by atoms with Crippen molar-refractivity contribution in [2.24, 2.45) is 5.92 Å². The first kappa shape index (κ1) is 13.7. The van der Waals surface area contributed by atoms with Gasteiger partial charge in [0.15, 0.2) is 0 Å². The Kier molecular flexibility index (Phi) is 3.34. The standard InChI is InChI=1S/C18H19FN2O/c19-16-4-1-3-13(8-16)9-20-10-14-7-15(12-20)17-5-2-6-18(22)21(17)11-14/h1-6,8,14-15H,7,9-12H2/t14-,15-/m1/s1. The van der Waals surface area contributed by atoms with E-state index in [-0.39, 0.29) is 11.4 Å². The molecular weight excluding hydrogens is 279 g/mol. The number of nitrogens with zero attached hydrogens (tertiary/aromatic N) is 2. The van der Waals surface area contributed by atoms with Gasteiger partial charge in [0.05, 0.1) is 0 Å². The number of hydrogen-bond donors (Lipinski definition) is 0. The molecule has 0 aliphatic carbocycles. The molecule has 2 atom stereocenters. The fraction of sp³-hybridized carbons (Fsp3) is 0.389. The molecule has 1 aromatic carbocycles. The second-order valence-electron chi connectivity index (χ2n) is 6.52. The third kappa shape index (κ3) is 2.48. The molecule has 0 saturated carbocycles.